The molecule has 0 aromatic rings. The van der Waals surface area contributed by atoms with Crippen LogP contribution < -0.4 is 5.32 Å². The molecule has 1 unspecified atom stereocenters. The standard InChI is InChI=1S/C11H21NO2S/c1-9(11(13)14)12-7-8-15-10-5-3-2-4-6-10/h9-10,12H,2-8H2,1H3,(H,13,14). The van der Waals surface area contributed by atoms with E-state index in [1.165, 1.54) is 32.1 Å². The maximum absolute atomic E-state index is 10.5. The van der Waals surface area contributed by atoms with Gasteiger partial charge < -0.3 is 10.4 Å². The van der Waals surface area contributed by atoms with E-state index in [9.17, 15) is 4.79 Å². The van der Waals surface area contributed by atoms with Crippen molar-refractivity contribution in [3.8, 4) is 0 Å². The summed E-state index contributed by atoms with van der Waals surface area (Å²) >= 11 is 2.00. The van der Waals surface area contributed by atoms with E-state index in [1.54, 1.807) is 6.92 Å². The predicted molar refractivity (Wildman–Crippen MR) is 64.4 cm³/mol. The molecule has 4 heteroatoms. The Bertz CT molecular complexity index is 193. The van der Waals surface area contributed by atoms with E-state index in [1.807, 2.05) is 11.8 Å². The van der Waals surface area contributed by atoms with Crippen LogP contribution in [0, 0.1) is 0 Å². The molecule has 0 heterocycles. The number of hydrogen-bond donors (Lipinski definition) is 2. The first-order chi connectivity index (χ1) is 7.20. The lowest BCUT2D eigenvalue weighted by atomic mass is 10.0. The monoisotopic (exact) mass is 231 g/mol. The van der Waals surface area contributed by atoms with Gasteiger partial charge in [-0.15, -0.1) is 0 Å². The Kier molecular flexibility index (Phi) is 6.10. The van der Waals surface area contributed by atoms with E-state index < -0.39 is 12.0 Å². The summed E-state index contributed by atoms with van der Waals surface area (Å²) in [5.74, 6) is 0.264. The summed E-state index contributed by atoms with van der Waals surface area (Å²) in [6, 6.07) is -0.419. The molecule has 1 aliphatic rings. The van der Waals surface area contributed by atoms with Crippen LogP contribution in [0.3, 0.4) is 0 Å². The van der Waals surface area contributed by atoms with Gasteiger partial charge in [0.15, 0.2) is 0 Å². The molecule has 1 atom stereocenters. The predicted octanol–water partition coefficient (Wildman–Crippen LogP) is 2.11. The first kappa shape index (κ1) is 12.8. The summed E-state index contributed by atoms with van der Waals surface area (Å²) in [7, 11) is 0. The molecule has 1 rings (SSSR count). The number of thioether (sulfide) groups is 1. The van der Waals surface area contributed by atoms with Crippen molar-refractivity contribution in [2.45, 2.75) is 50.3 Å². The lowest BCUT2D eigenvalue weighted by Gasteiger charge is -2.21. The van der Waals surface area contributed by atoms with Crippen LogP contribution in [-0.2, 0) is 4.79 Å². The molecule has 15 heavy (non-hydrogen) atoms. The number of hydrogen-bond acceptors (Lipinski definition) is 3. The van der Waals surface area contributed by atoms with Crippen molar-refractivity contribution in [1.29, 1.82) is 0 Å². The highest BCUT2D eigenvalue weighted by molar-refractivity contribution is 7.99. The summed E-state index contributed by atoms with van der Waals surface area (Å²) in [6.45, 7) is 2.49. The molecule has 3 nitrogen and oxygen atoms in total. The third-order valence-corrected chi connectivity index (χ3v) is 4.21. The molecule has 1 fully saturated rings. The Morgan fingerprint density at radius 2 is 2.13 bits per heavy atom. The highest BCUT2D eigenvalue weighted by Gasteiger charge is 2.14. The van der Waals surface area contributed by atoms with E-state index in [0.29, 0.717) is 0 Å². The first-order valence-corrected chi connectivity index (χ1v) is 6.83. The van der Waals surface area contributed by atoms with Crippen LogP contribution in [0.15, 0.2) is 0 Å². The van der Waals surface area contributed by atoms with Crippen LogP contribution in [0.25, 0.3) is 0 Å². The second-order valence-corrected chi connectivity index (χ2v) is 5.55. The van der Waals surface area contributed by atoms with Crippen LogP contribution in [0.5, 0.6) is 0 Å². The topological polar surface area (TPSA) is 49.3 Å². The van der Waals surface area contributed by atoms with Gasteiger partial charge in [0, 0.05) is 17.5 Å². The lowest BCUT2D eigenvalue weighted by molar-refractivity contribution is -0.138. The molecule has 1 aliphatic carbocycles. The number of rotatable bonds is 6. The average molecular weight is 231 g/mol. The van der Waals surface area contributed by atoms with Gasteiger partial charge in [-0.3, -0.25) is 4.79 Å². The summed E-state index contributed by atoms with van der Waals surface area (Å²) in [6.07, 6.45) is 6.83. The van der Waals surface area contributed by atoms with Gasteiger partial charge in [0.05, 0.1) is 0 Å². The third-order valence-electron chi connectivity index (χ3n) is 2.83. The summed E-state index contributed by atoms with van der Waals surface area (Å²) in [5.41, 5.74) is 0. The van der Waals surface area contributed by atoms with E-state index >= 15 is 0 Å². The average Bonchev–Trinajstić information content (AvgIpc) is 2.25. The van der Waals surface area contributed by atoms with Gasteiger partial charge in [-0.25, -0.2) is 0 Å². The fraction of sp³-hybridized carbons (Fsp3) is 0.909. The minimum absolute atomic E-state index is 0.419. The highest BCUT2D eigenvalue weighted by atomic mass is 32.2. The number of aliphatic carboxylic acids is 1. The SMILES string of the molecule is CC(NCCSC1CCCCC1)C(=O)O. The smallest absolute Gasteiger partial charge is 0.320 e. The van der Waals surface area contributed by atoms with Gasteiger partial charge in [0.2, 0.25) is 0 Å². The molecular weight excluding hydrogens is 210 g/mol. The Balaban J connectivity index is 1.98. The minimum atomic E-state index is -0.766. The fourth-order valence-corrected chi connectivity index (χ4v) is 3.06. The van der Waals surface area contributed by atoms with E-state index in [4.69, 9.17) is 5.11 Å². The zero-order chi connectivity index (χ0) is 11.1. The first-order valence-electron chi connectivity index (χ1n) is 5.78. The zero-order valence-corrected chi connectivity index (χ0v) is 10.2. The number of carboxylic acid groups (broad SMARTS) is 1. The maximum atomic E-state index is 10.5. The maximum Gasteiger partial charge on any atom is 0.320 e. The van der Waals surface area contributed by atoms with Gasteiger partial charge in [0.25, 0.3) is 0 Å². The van der Waals surface area contributed by atoms with E-state index in [0.717, 1.165) is 17.5 Å². The number of nitrogens with one attached hydrogen (secondary N) is 1. The van der Waals surface area contributed by atoms with Crippen molar-refractivity contribution >= 4 is 17.7 Å². The molecule has 0 aromatic carbocycles. The third kappa shape index (κ3) is 5.42. The second kappa shape index (κ2) is 7.12. The Morgan fingerprint density at radius 1 is 1.47 bits per heavy atom. The van der Waals surface area contributed by atoms with Crippen molar-refractivity contribution in [3.63, 3.8) is 0 Å². The quantitative estimate of drug-likeness (QED) is 0.687. The molecule has 2 N–H and O–H groups in total. The molecule has 0 spiro atoms. The Morgan fingerprint density at radius 3 is 2.73 bits per heavy atom. The molecule has 88 valence electrons. The highest BCUT2D eigenvalue weighted by Crippen LogP contribution is 2.27. The summed E-state index contributed by atoms with van der Waals surface area (Å²) in [4.78, 5) is 10.5. The van der Waals surface area contributed by atoms with Gasteiger partial charge in [-0.05, 0) is 19.8 Å². The van der Waals surface area contributed by atoms with Crippen molar-refractivity contribution in [2.75, 3.05) is 12.3 Å². The van der Waals surface area contributed by atoms with Crippen molar-refractivity contribution in [3.05, 3.63) is 0 Å². The van der Waals surface area contributed by atoms with Crippen molar-refractivity contribution in [1.82, 2.24) is 5.32 Å². The van der Waals surface area contributed by atoms with Gasteiger partial charge in [0.1, 0.15) is 6.04 Å². The van der Waals surface area contributed by atoms with Crippen LogP contribution >= 0.6 is 11.8 Å². The van der Waals surface area contributed by atoms with E-state index in [2.05, 4.69) is 5.32 Å². The molecule has 1 saturated carbocycles. The molecule has 0 bridgehead atoms. The molecule has 0 amide bonds. The summed E-state index contributed by atoms with van der Waals surface area (Å²) < 4.78 is 0. The second-order valence-electron chi connectivity index (χ2n) is 4.14. The Hall–Kier alpha value is -0.220. The molecule has 0 aliphatic heterocycles. The molecule has 0 aromatic heterocycles. The molecular formula is C11H21NO2S. The van der Waals surface area contributed by atoms with Crippen LogP contribution in [-0.4, -0.2) is 34.7 Å². The van der Waals surface area contributed by atoms with Crippen molar-refractivity contribution < 1.29 is 9.90 Å². The normalized spacial score (nSPS) is 20.1. The molecule has 0 radical (unpaired) electrons. The van der Waals surface area contributed by atoms with Crippen molar-refractivity contribution in [2.24, 2.45) is 0 Å². The zero-order valence-electron chi connectivity index (χ0n) is 9.37. The summed E-state index contributed by atoms with van der Waals surface area (Å²) in [5, 5.41) is 12.5. The lowest BCUT2D eigenvalue weighted by Crippen LogP contribution is -2.35. The van der Waals surface area contributed by atoms with Gasteiger partial charge in [-0.2, -0.15) is 11.8 Å². The van der Waals surface area contributed by atoms with Crippen LogP contribution in [0.1, 0.15) is 39.0 Å². The Labute approximate surface area is 96.0 Å². The fourth-order valence-electron chi connectivity index (χ4n) is 1.82. The van der Waals surface area contributed by atoms with Crippen LogP contribution in [0.2, 0.25) is 0 Å². The molecule has 0 saturated heterocycles. The van der Waals surface area contributed by atoms with Gasteiger partial charge >= 0.3 is 5.97 Å². The van der Waals surface area contributed by atoms with Crippen LogP contribution in [0.4, 0.5) is 0 Å². The van der Waals surface area contributed by atoms with E-state index in [-0.39, 0.29) is 0 Å². The van der Waals surface area contributed by atoms with Gasteiger partial charge in [-0.1, -0.05) is 19.3 Å². The number of carboxylic acids is 1. The largest absolute Gasteiger partial charge is 0.480 e. The minimum Gasteiger partial charge on any atom is -0.480 e. The number of carbonyl (C=O) groups is 1.